The highest BCUT2D eigenvalue weighted by Gasteiger charge is 2.29. The third-order valence-corrected chi connectivity index (χ3v) is 4.85. The average molecular weight is 329 g/mol. The minimum atomic E-state index is -0.429. The first-order valence-electron chi connectivity index (χ1n) is 8.75. The molecule has 0 radical (unpaired) electrons. The number of carbonyl (C=O) groups is 1. The Bertz CT molecular complexity index is 709. The second-order valence-electron chi connectivity index (χ2n) is 7.75. The van der Waals surface area contributed by atoms with Gasteiger partial charge in [0.25, 0.3) is 0 Å². The van der Waals surface area contributed by atoms with Crippen LogP contribution in [0, 0.1) is 5.92 Å². The lowest BCUT2D eigenvalue weighted by atomic mass is 9.81. The molecule has 1 saturated heterocycles. The summed E-state index contributed by atoms with van der Waals surface area (Å²) in [4.78, 5) is 14.0. The molecule has 3 heterocycles. The van der Waals surface area contributed by atoms with E-state index in [2.05, 4.69) is 24.2 Å². The number of amides is 1. The van der Waals surface area contributed by atoms with Gasteiger partial charge in [0.1, 0.15) is 5.60 Å². The number of hydrogen-bond donors (Lipinski definition) is 0. The maximum absolute atomic E-state index is 12.2. The van der Waals surface area contributed by atoms with Gasteiger partial charge in [-0.2, -0.15) is 5.10 Å². The van der Waals surface area contributed by atoms with E-state index in [0.29, 0.717) is 11.8 Å². The lowest BCUT2D eigenvalue weighted by Crippen LogP contribution is -2.42. The molecule has 5 heteroatoms. The third-order valence-electron chi connectivity index (χ3n) is 4.85. The molecule has 1 aliphatic rings. The maximum atomic E-state index is 12.2. The van der Waals surface area contributed by atoms with E-state index < -0.39 is 5.60 Å². The van der Waals surface area contributed by atoms with Crippen molar-refractivity contribution in [3.8, 4) is 0 Å². The largest absolute Gasteiger partial charge is 0.444 e. The molecule has 0 spiro atoms. The van der Waals surface area contributed by atoms with E-state index in [-0.39, 0.29) is 6.09 Å². The molecule has 1 aliphatic heterocycles. The van der Waals surface area contributed by atoms with Gasteiger partial charge in [0, 0.05) is 25.5 Å². The van der Waals surface area contributed by atoms with Crippen molar-refractivity contribution in [3.05, 3.63) is 36.2 Å². The molecule has 5 nitrogen and oxygen atoms in total. The van der Waals surface area contributed by atoms with Crippen molar-refractivity contribution in [2.45, 2.75) is 52.1 Å². The fourth-order valence-corrected chi connectivity index (χ4v) is 3.40. The number of fused-ring (bicyclic) bond motifs is 1. The van der Waals surface area contributed by atoms with Gasteiger partial charge < -0.3 is 9.64 Å². The predicted molar refractivity (Wildman–Crippen MR) is 94.1 cm³/mol. The van der Waals surface area contributed by atoms with Crippen LogP contribution in [0.1, 0.15) is 52.0 Å². The summed E-state index contributed by atoms with van der Waals surface area (Å²) in [5, 5.41) is 4.25. The van der Waals surface area contributed by atoms with Gasteiger partial charge >= 0.3 is 6.09 Å². The zero-order valence-corrected chi connectivity index (χ0v) is 15.0. The summed E-state index contributed by atoms with van der Waals surface area (Å²) in [6.07, 6.45) is 5.70. The van der Waals surface area contributed by atoms with Crippen LogP contribution in [0.25, 0.3) is 5.52 Å². The van der Waals surface area contributed by atoms with E-state index in [1.165, 1.54) is 5.56 Å². The molecule has 0 N–H and O–H groups in total. The minimum Gasteiger partial charge on any atom is -0.444 e. The number of ether oxygens (including phenoxy) is 1. The Kier molecular flexibility index (Phi) is 4.52. The monoisotopic (exact) mass is 329 g/mol. The molecule has 130 valence electrons. The van der Waals surface area contributed by atoms with Crippen molar-refractivity contribution in [1.82, 2.24) is 14.5 Å². The van der Waals surface area contributed by atoms with Gasteiger partial charge in [-0.25, -0.2) is 9.31 Å². The van der Waals surface area contributed by atoms with Gasteiger partial charge in [-0.05, 0) is 69.2 Å². The Labute approximate surface area is 143 Å². The van der Waals surface area contributed by atoms with E-state index in [0.717, 1.165) is 31.4 Å². The minimum absolute atomic E-state index is 0.186. The number of nitrogens with zero attached hydrogens (tertiary/aromatic N) is 3. The summed E-state index contributed by atoms with van der Waals surface area (Å²) in [7, 11) is 0. The molecule has 3 rings (SSSR count). The van der Waals surface area contributed by atoms with Crippen LogP contribution in [0.15, 0.2) is 30.6 Å². The summed E-state index contributed by atoms with van der Waals surface area (Å²) in [6, 6.07) is 6.41. The van der Waals surface area contributed by atoms with E-state index in [9.17, 15) is 4.79 Å². The summed E-state index contributed by atoms with van der Waals surface area (Å²) < 4.78 is 7.36. The zero-order chi connectivity index (χ0) is 17.3. The Morgan fingerprint density at radius 1 is 1.29 bits per heavy atom. The van der Waals surface area contributed by atoms with Gasteiger partial charge in [0.2, 0.25) is 0 Å². The van der Waals surface area contributed by atoms with Crippen molar-refractivity contribution < 1.29 is 9.53 Å². The zero-order valence-electron chi connectivity index (χ0n) is 15.0. The second kappa shape index (κ2) is 6.46. The Morgan fingerprint density at radius 2 is 2.00 bits per heavy atom. The molecule has 1 unspecified atom stereocenters. The van der Waals surface area contributed by atoms with Crippen LogP contribution in [0.2, 0.25) is 0 Å². The van der Waals surface area contributed by atoms with Crippen LogP contribution in [0.4, 0.5) is 4.79 Å². The van der Waals surface area contributed by atoms with Gasteiger partial charge in [0.05, 0.1) is 5.52 Å². The number of carbonyl (C=O) groups excluding carboxylic acids is 1. The fourth-order valence-electron chi connectivity index (χ4n) is 3.40. The fraction of sp³-hybridized carbons (Fsp3) is 0.579. The standard InChI is InChI=1S/C19H27N3O2/c1-14(16-8-12-22-17(13-16)5-9-20-22)15-6-10-21(11-7-15)18(23)24-19(2,3)4/h5,8-9,12-15H,6-7,10-11H2,1-4H3. The van der Waals surface area contributed by atoms with Crippen LogP contribution in [0.5, 0.6) is 0 Å². The predicted octanol–water partition coefficient (Wildman–Crippen LogP) is 4.08. The highest BCUT2D eigenvalue weighted by atomic mass is 16.6. The Balaban J connectivity index is 1.60. The number of pyridine rings is 1. The van der Waals surface area contributed by atoms with Gasteiger partial charge in [-0.15, -0.1) is 0 Å². The van der Waals surface area contributed by atoms with Crippen LogP contribution >= 0.6 is 0 Å². The van der Waals surface area contributed by atoms with E-state index in [4.69, 9.17) is 4.74 Å². The number of rotatable bonds is 2. The molecular formula is C19H27N3O2. The molecule has 2 aromatic heterocycles. The average Bonchev–Trinajstić information content (AvgIpc) is 3.00. The third kappa shape index (κ3) is 3.71. The molecule has 0 bridgehead atoms. The van der Waals surface area contributed by atoms with Crippen molar-refractivity contribution in [2.75, 3.05) is 13.1 Å². The molecule has 0 aromatic carbocycles. The van der Waals surface area contributed by atoms with Crippen molar-refractivity contribution >= 4 is 11.6 Å². The number of likely N-dealkylation sites (tertiary alicyclic amines) is 1. The van der Waals surface area contributed by atoms with Crippen LogP contribution in [0.3, 0.4) is 0 Å². The molecule has 1 amide bonds. The number of piperidine rings is 1. The summed E-state index contributed by atoms with van der Waals surface area (Å²) in [6.45, 7) is 9.57. The smallest absolute Gasteiger partial charge is 0.410 e. The Morgan fingerprint density at radius 3 is 2.67 bits per heavy atom. The lowest BCUT2D eigenvalue weighted by Gasteiger charge is -2.35. The van der Waals surface area contributed by atoms with E-state index >= 15 is 0 Å². The summed E-state index contributed by atoms with van der Waals surface area (Å²) >= 11 is 0. The molecular weight excluding hydrogens is 302 g/mol. The molecule has 1 fully saturated rings. The Hall–Kier alpha value is -2.04. The summed E-state index contributed by atoms with van der Waals surface area (Å²) in [5.41, 5.74) is 2.05. The van der Waals surface area contributed by atoms with Crippen LogP contribution in [-0.4, -0.2) is 39.3 Å². The first-order valence-corrected chi connectivity index (χ1v) is 8.75. The van der Waals surface area contributed by atoms with E-state index in [1.54, 1.807) is 0 Å². The SMILES string of the molecule is CC(c1ccn2nccc2c1)C1CCN(C(=O)OC(C)(C)C)CC1. The quantitative estimate of drug-likeness (QED) is 0.834. The van der Waals surface area contributed by atoms with Crippen molar-refractivity contribution in [1.29, 1.82) is 0 Å². The highest BCUT2D eigenvalue weighted by molar-refractivity contribution is 5.68. The normalized spacial score (nSPS) is 17.9. The molecule has 2 aromatic rings. The molecule has 24 heavy (non-hydrogen) atoms. The van der Waals surface area contributed by atoms with Crippen LogP contribution < -0.4 is 0 Å². The summed E-state index contributed by atoms with van der Waals surface area (Å²) in [5.74, 6) is 1.07. The van der Waals surface area contributed by atoms with Gasteiger partial charge in [-0.3, -0.25) is 0 Å². The topological polar surface area (TPSA) is 46.8 Å². The molecule has 1 atom stereocenters. The molecule has 0 aliphatic carbocycles. The van der Waals surface area contributed by atoms with Crippen molar-refractivity contribution in [2.24, 2.45) is 5.92 Å². The second-order valence-corrected chi connectivity index (χ2v) is 7.75. The lowest BCUT2D eigenvalue weighted by molar-refractivity contribution is 0.0176. The van der Waals surface area contributed by atoms with Crippen molar-refractivity contribution in [3.63, 3.8) is 0 Å². The number of hydrogen-bond acceptors (Lipinski definition) is 3. The number of aromatic nitrogens is 2. The van der Waals surface area contributed by atoms with Gasteiger partial charge in [0.15, 0.2) is 0 Å². The first kappa shape index (κ1) is 16.8. The maximum Gasteiger partial charge on any atom is 0.410 e. The van der Waals surface area contributed by atoms with Crippen LogP contribution in [-0.2, 0) is 4.74 Å². The van der Waals surface area contributed by atoms with Gasteiger partial charge in [-0.1, -0.05) is 6.92 Å². The first-order chi connectivity index (χ1) is 11.3. The highest BCUT2D eigenvalue weighted by Crippen LogP contribution is 2.33. The van der Waals surface area contributed by atoms with E-state index in [1.807, 2.05) is 48.6 Å². The molecule has 0 saturated carbocycles.